The van der Waals surface area contributed by atoms with Gasteiger partial charge in [0.1, 0.15) is 0 Å². The third-order valence-electron chi connectivity index (χ3n) is 2.09. The van der Waals surface area contributed by atoms with Gasteiger partial charge in [-0.2, -0.15) is 0 Å². The Labute approximate surface area is 103 Å². The van der Waals surface area contributed by atoms with Crippen LogP contribution in [0.15, 0.2) is 27.1 Å². The molecule has 1 rings (SSSR count). The molecule has 0 unspecified atom stereocenters. The second-order valence-corrected chi connectivity index (χ2v) is 5.32. The highest BCUT2D eigenvalue weighted by atomic mass is 79.9. The van der Waals surface area contributed by atoms with Crippen molar-refractivity contribution in [3.63, 3.8) is 0 Å². The number of halogens is 2. The predicted octanol–water partition coefficient (Wildman–Crippen LogP) is 3.71. The summed E-state index contributed by atoms with van der Waals surface area (Å²) in [6, 6.07) is 6.23. The minimum atomic E-state index is 1.11. The number of hydrogen-bond donors (Lipinski definition) is 0. The van der Waals surface area contributed by atoms with Crippen LogP contribution in [0.3, 0.4) is 0 Å². The average Bonchev–Trinajstić information content (AvgIpc) is 2.09. The van der Waals surface area contributed by atoms with Crippen LogP contribution in [0.2, 0.25) is 0 Å². The Kier molecular flexibility index (Phi) is 5.13. The van der Waals surface area contributed by atoms with E-state index < -0.39 is 0 Å². The zero-order valence-corrected chi connectivity index (χ0v) is 11.7. The molecule has 0 aliphatic carbocycles. The lowest BCUT2D eigenvalue weighted by Crippen LogP contribution is -2.13. The van der Waals surface area contributed by atoms with Crippen molar-refractivity contribution in [2.45, 2.75) is 12.8 Å². The molecule has 78 valence electrons. The summed E-state index contributed by atoms with van der Waals surface area (Å²) in [5.41, 5.74) is 1.37. The number of hydrogen-bond acceptors (Lipinski definition) is 1. The van der Waals surface area contributed by atoms with Gasteiger partial charge in [0.05, 0.1) is 0 Å². The molecule has 0 amide bonds. The molecule has 0 fully saturated rings. The van der Waals surface area contributed by atoms with Gasteiger partial charge in [0, 0.05) is 8.95 Å². The molecule has 0 bridgehead atoms. The third-order valence-corrected chi connectivity index (χ3v) is 3.58. The lowest BCUT2D eigenvalue weighted by molar-refractivity contribution is 0.400. The lowest BCUT2D eigenvalue weighted by atomic mass is 10.1. The van der Waals surface area contributed by atoms with Crippen molar-refractivity contribution < 1.29 is 0 Å². The highest BCUT2D eigenvalue weighted by Gasteiger charge is 2.03. The van der Waals surface area contributed by atoms with Crippen LogP contribution in [0.5, 0.6) is 0 Å². The van der Waals surface area contributed by atoms with Crippen molar-refractivity contribution in [2.24, 2.45) is 0 Å². The molecule has 0 spiro atoms. The van der Waals surface area contributed by atoms with Gasteiger partial charge in [-0.05, 0) is 51.2 Å². The molecule has 1 aromatic rings. The molecule has 0 heterocycles. The van der Waals surface area contributed by atoms with Gasteiger partial charge < -0.3 is 4.90 Å². The van der Waals surface area contributed by atoms with E-state index in [9.17, 15) is 0 Å². The Morgan fingerprint density at radius 1 is 1.14 bits per heavy atom. The average molecular weight is 321 g/mol. The largest absolute Gasteiger partial charge is 0.309 e. The summed E-state index contributed by atoms with van der Waals surface area (Å²) in [6.45, 7) is 1.13. The quantitative estimate of drug-likeness (QED) is 0.817. The monoisotopic (exact) mass is 319 g/mol. The van der Waals surface area contributed by atoms with Gasteiger partial charge >= 0.3 is 0 Å². The zero-order chi connectivity index (χ0) is 10.6. The van der Waals surface area contributed by atoms with Crippen LogP contribution < -0.4 is 0 Å². The third kappa shape index (κ3) is 3.71. The summed E-state index contributed by atoms with van der Waals surface area (Å²) < 4.78 is 2.40. The van der Waals surface area contributed by atoms with E-state index in [2.05, 4.69) is 63.0 Å². The van der Waals surface area contributed by atoms with Crippen LogP contribution >= 0.6 is 31.9 Å². The first-order chi connectivity index (χ1) is 6.61. The fourth-order valence-corrected chi connectivity index (χ4v) is 2.74. The molecule has 3 heteroatoms. The lowest BCUT2D eigenvalue weighted by Gasteiger charge is -2.11. The molecule has 0 atom stereocenters. The Balaban J connectivity index is 2.58. The first kappa shape index (κ1) is 12.2. The molecule has 0 N–H and O–H groups in total. The standard InChI is InChI=1S/C11H15Br2N/c1-14(2)8-4-5-9-10(12)6-3-7-11(9)13/h3,6-7H,4-5,8H2,1-2H3. The van der Waals surface area contributed by atoms with Gasteiger partial charge in [-0.25, -0.2) is 0 Å². The van der Waals surface area contributed by atoms with E-state index in [0.717, 1.165) is 13.0 Å². The van der Waals surface area contributed by atoms with Crippen LogP contribution in [-0.2, 0) is 6.42 Å². The summed E-state index contributed by atoms with van der Waals surface area (Å²) in [7, 11) is 4.21. The summed E-state index contributed by atoms with van der Waals surface area (Å²) in [6.07, 6.45) is 2.30. The van der Waals surface area contributed by atoms with Crippen molar-refractivity contribution in [3.05, 3.63) is 32.7 Å². The van der Waals surface area contributed by atoms with Crippen molar-refractivity contribution in [2.75, 3.05) is 20.6 Å². The van der Waals surface area contributed by atoms with Crippen molar-refractivity contribution in [1.29, 1.82) is 0 Å². The number of benzene rings is 1. The maximum absolute atomic E-state index is 3.57. The van der Waals surface area contributed by atoms with E-state index in [1.807, 2.05) is 6.07 Å². The molecule has 14 heavy (non-hydrogen) atoms. The van der Waals surface area contributed by atoms with Crippen LogP contribution in [0.25, 0.3) is 0 Å². The van der Waals surface area contributed by atoms with Gasteiger partial charge in [0.15, 0.2) is 0 Å². The summed E-state index contributed by atoms with van der Waals surface area (Å²) in [5, 5.41) is 0. The van der Waals surface area contributed by atoms with Crippen LogP contribution in [0.1, 0.15) is 12.0 Å². The van der Waals surface area contributed by atoms with Gasteiger partial charge in [0.2, 0.25) is 0 Å². The molecule has 0 aliphatic rings. The van der Waals surface area contributed by atoms with Crippen molar-refractivity contribution in [3.8, 4) is 0 Å². The van der Waals surface area contributed by atoms with E-state index in [1.165, 1.54) is 20.9 Å². The molecule has 0 aliphatic heterocycles. The highest BCUT2D eigenvalue weighted by Crippen LogP contribution is 2.26. The smallest absolute Gasteiger partial charge is 0.0218 e. The molecular formula is C11H15Br2N. The van der Waals surface area contributed by atoms with Gasteiger partial charge in [0.25, 0.3) is 0 Å². The summed E-state index contributed by atoms with van der Waals surface area (Å²) in [4.78, 5) is 2.21. The normalized spacial score (nSPS) is 10.9. The molecule has 0 saturated heterocycles. The number of rotatable bonds is 4. The van der Waals surface area contributed by atoms with Gasteiger partial charge in [-0.15, -0.1) is 0 Å². The van der Waals surface area contributed by atoms with E-state index >= 15 is 0 Å². The second kappa shape index (κ2) is 5.89. The molecular weight excluding hydrogens is 306 g/mol. The minimum Gasteiger partial charge on any atom is -0.309 e. The Morgan fingerprint density at radius 3 is 2.21 bits per heavy atom. The topological polar surface area (TPSA) is 3.24 Å². The highest BCUT2D eigenvalue weighted by molar-refractivity contribution is 9.11. The van der Waals surface area contributed by atoms with Crippen molar-refractivity contribution >= 4 is 31.9 Å². The first-order valence-corrected chi connectivity index (χ1v) is 6.27. The SMILES string of the molecule is CN(C)CCCc1c(Br)cccc1Br. The summed E-state index contributed by atoms with van der Waals surface area (Å²) in [5.74, 6) is 0. The second-order valence-electron chi connectivity index (χ2n) is 3.61. The fourth-order valence-electron chi connectivity index (χ4n) is 1.34. The van der Waals surface area contributed by atoms with E-state index in [-0.39, 0.29) is 0 Å². The van der Waals surface area contributed by atoms with Crippen LogP contribution in [0, 0.1) is 0 Å². The molecule has 1 aromatic carbocycles. The molecule has 0 radical (unpaired) electrons. The van der Waals surface area contributed by atoms with Gasteiger partial charge in [-0.1, -0.05) is 37.9 Å². The molecule has 0 aromatic heterocycles. The van der Waals surface area contributed by atoms with E-state index in [0.29, 0.717) is 0 Å². The van der Waals surface area contributed by atoms with Crippen molar-refractivity contribution in [1.82, 2.24) is 4.90 Å². The van der Waals surface area contributed by atoms with Crippen LogP contribution in [-0.4, -0.2) is 25.5 Å². The molecule has 1 nitrogen and oxygen atoms in total. The minimum absolute atomic E-state index is 1.11. The Bertz CT molecular complexity index is 277. The van der Waals surface area contributed by atoms with Crippen LogP contribution in [0.4, 0.5) is 0 Å². The first-order valence-electron chi connectivity index (χ1n) is 4.69. The number of nitrogens with zero attached hydrogens (tertiary/aromatic N) is 1. The molecule has 0 saturated carbocycles. The predicted molar refractivity (Wildman–Crippen MR) is 68.7 cm³/mol. The maximum Gasteiger partial charge on any atom is 0.0218 e. The zero-order valence-electron chi connectivity index (χ0n) is 8.56. The van der Waals surface area contributed by atoms with Gasteiger partial charge in [-0.3, -0.25) is 0 Å². The fraction of sp³-hybridized carbons (Fsp3) is 0.455. The Morgan fingerprint density at radius 2 is 1.71 bits per heavy atom. The Hall–Kier alpha value is 0.140. The summed E-state index contributed by atoms with van der Waals surface area (Å²) >= 11 is 7.14. The van der Waals surface area contributed by atoms with E-state index in [4.69, 9.17) is 0 Å². The van der Waals surface area contributed by atoms with E-state index in [1.54, 1.807) is 0 Å². The maximum atomic E-state index is 3.57.